The first kappa shape index (κ1) is 7.67. The summed E-state index contributed by atoms with van der Waals surface area (Å²) in [5.74, 6) is 1.23. The average Bonchev–Trinajstić information content (AvgIpc) is 2.57. The molecule has 66 valence electrons. The number of rotatable bonds is 2. The molecular formula is C9H8N2O2. The van der Waals surface area contributed by atoms with E-state index in [4.69, 9.17) is 10.5 Å². The van der Waals surface area contributed by atoms with E-state index in [0.29, 0.717) is 17.2 Å². The van der Waals surface area contributed by atoms with Gasteiger partial charge in [-0.2, -0.15) is 0 Å². The number of benzene rings is 1. The van der Waals surface area contributed by atoms with Crippen molar-refractivity contribution >= 4 is 5.69 Å². The molecule has 0 saturated carbocycles. The highest BCUT2D eigenvalue weighted by Gasteiger charge is 1.98. The normalized spacial score (nSPS) is 9.85. The van der Waals surface area contributed by atoms with E-state index in [1.807, 2.05) is 12.1 Å². The second kappa shape index (κ2) is 3.18. The number of aromatic nitrogens is 1. The first-order valence-corrected chi connectivity index (χ1v) is 3.77. The van der Waals surface area contributed by atoms with Crippen LogP contribution in [0.1, 0.15) is 0 Å². The van der Waals surface area contributed by atoms with Gasteiger partial charge in [0.2, 0.25) is 0 Å². The van der Waals surface area contributed by atoms with E-state index in [1.165, 1.54) is 12.5 Å². The van der Waals surface area contributed by atoms with Crippen molar-refractivity contribution in [1.82, 2.24) is 5.16 Å². The van der Waals surface area contributed by atoms with Crippen molar-refractivity contribution in [3.8, 4) is 11.5 Å². The zero-order valence-electron chi connectivity index (χ0n) is 6.81. The molecule has 0 aliphatic carbocycles. The summed E-state index contributed by atoms with van der Waals surface area (Å²) < 4.78 is 9.97. The van der Waals surface area contributed by atoms with Gasteiger partial charge in [-0.3, -0.25) is 0 Å². The summed E-state index contributed by atoms with van der Waals surface area (Å²) in [5, 5.41) is 3.51. The number of anilines is 1. The topological polar surface area (TPSA) is 61.3 Å². The van der Waals surface area contributed by atoms with E-state index >= 15 is 0 Å². The highest BCUT2D eigenvalue weighted by atomic mass is 16.5. The zero-order valence-corrected chi connectivity index (χ0v) is 6.81. The molecule has 0 atom stereocenters. The van der Waals surface area contributed by atoms with E-state index in [0.717, 1.165) is 0 Å². The molecule has 13 heavy (non-hydrogen) atoms. The van der Waals surface area contributed by atoms with E-state index in [-0.39, 0.29) is 0 Å². The molecule has 0 fully saturated rings. The Bertz CT molecular complexity index is 384. The average molecular weight is 176 g/mol. The molecule has 0 aliphatic rings. The maximum absolute atomic E-state index is 5.57. The fourth-order valence-corrected chi connectivity index (χ4v) is 0.960. The molecule has 2 aromatic rings. The monoisotopic (exact) mass is 176 g/mol. The zero-order chi connectivity index (χ0) is 9.10. The molecule has 4 heteroatoms. The Morgan fingerprint density at radius 3 is 2.92 bits per heavy atom. The summed E-state index contributed by atoms with van der Waals surface area (Å²) in [6.45, 7) is 0. The maximum Gasteiger partial charge on any atom is 0.186 e. The highest BCUT2D eigenvalue weighted by molar-refractivity contribution is 5.44. The van der Waals surface area contributed by atoms with E-state index < -0.39 is 0 Å². The Kier molecular flexibility index (Phi) is 1.88. The van der Waals surface area contributed by atoms with Crippen LogP contribution in [0.25, 0.3) is 0 Å². The molecule has 1 aromatic heterocycles. The van der Waals surface area contributed by atoms with E-state index in [2.05, 4.69) is 9.68 Å². The fraction of sp³-hybridized carbons (Fsp3) is 0. The van der Waals surface area contributed by atoms with Crippen LogP contribution < -0.4 is 10.5 Å². The van der Waals surface area contributed by atoms with Gasteiger partial charge in [-0.15, -0.1) is 0 Å². The van der Waals surface area contributed by atoms with Gasteiger partial charge in [0, 0.05) is 11.8 Å². The minimum Gasteiger partial charge on any atom is -0.452 e. The van der Waals surface area contributed by atoms with Crippen molar-refractivity contribution in [2.24, 2.45) is 0 Å². The third kappa shape index (κ3) is 1.79. The molecule has 0 aliphatic heterocycles. The van der Waals surface area contributed by atoms with Crippen molar-refractivity contribution < 1.29 is 9.26 Å². The molecule has 0 saturated heterocycles. The summed E-state index contributed by atoms with van der Waals surface area (Å²) in [6.07, 6.45) is 2.91. The Balaban J connectivity index is 2.19. The lowest BCUT2D eigenvalue weighted by Crippen LogP contribution is -1.86. The van der Waals surface area contributed by atoms with Gasteiger partial charge in [0.15, 0.2) is 12.0 Å². The Labute approximate surface area is 74.9 Å². The van der Waals surface area contributed by atoms with Crippen LogP contribution in [0.3, 0.4) is 0 Å². The minimum absolute atomic E-state index is 0.561. The van der Waals surface area contributed by atoms with Crippen LogP contribution >= 0.6 is 0 Å². The summed E-state index contributed by atoms with van der Waals surface area (Å²) in [5.41, 5.74) is 6.23. The van der Waals surface area contributed by atoms with Crippen LogP contribution in [0.4, 0.5) is 5.69 Å². The van der Waals surface area contributed by atoms with Gasteiger partial charge >= 0.3 is 0 Å². The first-order chi connectivity index (χ1) is 6.34. The van der Waals surface area contributed by atoms with Crippen molar-refractivity contribution in [3.05, 3.63) is 36.7 Å². The summed E-state index contributed by atoms with van der Waals surface area (Å²) in [7, 11) is 0. The van der Waals surface area contributed by atoms with Crippen molar-refractivity contribution in [2.75, 3.05) is 5.73 Å². The SMILES string of the molecule is Nc1cccc(Oc2cnoc2)c1. The van der Waals surface area contributed by atoms with Gasteiger partial charge in [-0.25, -0.2) is 0 Å². The lowest BCUT2D eigenvalue weighted by molar-refractivity contribution is 0.410. The summed E-state index contributed by atoms with van der Waals surface area (Å²) in [4.78, 5) is 0. The standard InChI is InChI=1S/C9H8N2O2/c10-7-2-1-3-8(4-7)13-9-5-11-12-6-9/h1-6H,10H2. The van der Waals surface area contributed by atoms with Gasteiger partial charge in [-0.05, 0) is 12.1 Å². The van der Waals surface area contributed by atoms with Crippen LogP contribution in [0.2, 0.25) is 0 Å². The van der Waals surface area contributed by atoms with Gasteiger partial charge in [-0.1, -0.05) is 11.2 Å². The molecule has 0 radical (unpaired) electrons. The third-order valence-electron chi connectivity index (χ3n) is 1.50. The molecule has 1 aromatic carbocycles. The van der Waals surface area contributed by atoms with Gasteiger partial charge in [0.25, 0.3) is 0 Å². The predicted octanol–water partition coefficient (Wildman–Crippen LogP) is 2.05. The lowest BCUT2D eigenvalue weighted by atomic mass is 10.3. The van der Waals surface area contributed by atoms with Crippen LogP contribution in [-0.2, 0) is 0 Å². The number of nitrogens with two attached hydrogens (primary N) is 1. The van der Waals surface area contributed by atoms with Gasteiger partial charge < -0.3 is 15.0 Å². The number of nitrogen functional groups attached to an aromatic ring is 1. The van der Waals surface area contributed by atoms with Crippen LogP contribution in [0, 0.1) is 0 Å². The molecule has 2 N–H and O–H groups in total. The summed E-state index contributed by atoms with van der Waals surface area (Å²) >= 11 is 0. The summed E-state index contributed by atoms with van der Waals surface area (Å²) in [6, 6.07) is 7.15. The molecule has 0 unspecified atom stereocenters. The number of hydrogen-bond donors (Lipinski definition) is 1. The molecular weight excluding hydrogens is 168 g/mol. The highest BCUT2D eigenvalue weighted by Crippen LogP contribution is 2.21. The quantitative estimate of drug-likeness (QED) is 0.711. The molecule has 4 nitrogen and oxygen atoms in total. The smallest absolute Gasteiger partial charge is 0.186 e. The van der Waals surface area contributed by atoms with Crippen molar-refractivity contribution in [2.45, 2.75) is 0 Å². The van der Waals surface area contributed by atoms with E-state index in [1.54, 1.807) is 12.1 Å². The molecule has 0 spiro atoms. The van der Waals surface area contributed by atoms with Crippen LogP contribution in [0.15, 0.2) is 41.2 Å². The molecule has 1 heterocycles. The first-order valence-electron chi connectivity index (χ1n) is 3.77. The number of ether oxygens (including phenoxy) is 1. The number of hydrogen-bond acceptors (Lipinski definition) is 4. The van der Waals surface area contributed by atoms with Gasteiger partial charge in [0.1, 0.15) is 11.9 Å². The van der Waals surface area contributed by atoms with Gasteiger partial charge in [0.05, 0.1) is 0 Å². The lowest BCUT2D eigenvalue weighted by Gasteiger charge is -2.01. The number of nitrogens with zero attached hydrogens (tertiary/aromatic N) is 1. The minimum atomic E-state index is 0.561. The van der Waals surface area contributed by atoms with E-state index in [9.17, 15) is 0 Å². The Morgan fingerprint density at radius 1 is 1.31 bits per heavy atom. The predicted molar refractivity (Wildman–Crippen MR) is 47.4 cm³/mol. The third-order valence-corrected chi connectivity index (χ3v) is 1.50. The van der Waals surface area contributed by atoms with Crippen molar-refractivity contribution in [1.29, 1.82) is 0 Å². The Morgan fingerprint density at radius 2 is 2.23 bits per heavy atom. The Hall–Kier alpha value is -1.97. The van der Waals surface area contributed by atoms with Crippen LogP contribution in [0.5, 0.6) is 11.5 Å². The fourth-order valence-electron chi connectivity index (χ4n) is 0.960. The second-order valence-electron chi connectivity index (χ2n) is 2.53. The molecule has 2 rings (SSSR count). The van der Waals surface area contributed by atoms with Crippen LogP contribution in [-0.4, -0.2) is 5.16 Å². The maximum atomic E-state index is 5.57. The van der Waals surface area contributed by atoms with Crippen molar-refractivity contribution in [3.63, 3.8) is 0 Å². The second-order valence-corrected chi connectivity index (χ2v) is 2.53. The molecule has 0 amide bonds. The largest absolute Gasteiger partial charge is 0.452 e. The molecule has 0 bridgehead atoms.